The maximum absolute atomic E-state index is 9.92. The minimum absolute atomic E-state index is 0.342. The third kappa shape index (κ3) is 5.40. The maximum Gasteiger partial charge on any atom is 0.158 e. The maximum atomic E-state index is 9.92. The van der Waals surface area contributed by atoms with Crippen molar-refractivity contribution >= 4 is 11.6 Å². The first-order valence-corrected chi connectivity index (χ1v) is 6.54. The van der Waals surface area contributed by atoms with Crippen molar-refractivity contribution in [3.63, 3.8) is 0 Å². The summed E-state index contributed by atoms with van der Waals surface area (Å²) in [6.07, 6.45) is 0. The van der Waals surface area contributed by atoms with Crippen LogP contribution in [0.4, 0.5) is 11.6 Å². The molecular weight excluding hydrogens is 244 g/mol. The van der Waals surface area contributed by atoms with Gasteiger partial charge >= 0.3 is 0 Å². The SMILES string of the molecule is CCOCc1nc(N)cc(N(CC)CC(C)(C)O)n1. The molecular formula is C13H24N4O2. The summed E-state index contributed by atoms with van der Waals surface area (Å²) in [5.74, 6) is 1.69. The van der Waals surface area contributed by atoms with Crippen molar-refractivity contribution in [3.05, 3.63) is 11.9 Å². The Morgan fingerprint density at radius 2 is 2.05 bits per heavy atom. The van der Waals surface area contributed by atoms with E-state index in [4.69, 9.17) is 10.5 Å². The third-order valence-corrected chi connectivity index (χ3v) is 2.50. The van der Waals surface area contributed by atoms with Crippen molar-refractivity contribution < 1.29 is 9.84 Å². The molecule has 0 aliphatic heterocycles. The molecule has 3 N–H and O–H groups in total. The number of aromatic nitrogens is 2. The van der Waals surface area contributed by atoms with Crippen molar-refractivity contribution in [2.24, 2.45) is 0 Å². The van der Waals surface area contributed by atoms with Gasteiger partial charge in [0.2, 0.25) is 0 Å². The lowest BCUT2D eigenvalue weighted by Crippen LogP contribution is -2.39. The second-order valence-electron chi connectivity index (χ2n) is 5.03. The molecule has 19 heavy (non-hydrogen) atoms. The largest absolute Gasteiger partial charge is 0.389 e. The molecule has 0 aromatic carbocycles. The summed E-state index contributed by atoms with van der Waals surface area (Å²) in [4.78, 5) is 10.5. The number of ether oxygens (including phenoxy) is 1. The van der Waals surface area contributed by atoms with Gasteiger partial charge in [-0.3, -0.25) is 0 Å². The van der Waals surface area contributed by atoms with E-state index in [1.807, 2.05) is 18.7 Å². The van der Waals surface area contributed by atoms with E-state index in [1.165, 1.54) is 0 Å². The molecule has 0 atom stereocenters. The van der Waals surface area contributed by atoms with E-state index in [2.05, 4.69) is 9.97 Å². The number of nitrogen functional groups attached to an aromatic ring is 1. The molecule has 0 unspecified atom stereocenters. The van der Waals surface area contributed by atoms with E-state index in [0.29, 0.717) is 37.2 Å². The molecule has 1 rings (SSSR count). The average molecular weight is 268 g/mol. The molecule has 1 heterocycles. The minimum Gasteiger partial charge on any atom is -0.389 e. The van der Waals surface area contributed by atoms with E-state index in [0.717, 1.165) is 6.54 Å². The van der Waals surface area contributed by atoms with Crippen molar-refractivity contribution in [1.82, 2.24) is 9.97 Å². The van der Waals surface area contributed by atoms with Crippen LogP contribution in [0.5, 0.6) is 0 Å². The molecule has 0 bridgehead atoms. The van der Waals surface area contributed by atoms with Gasteiger partial charge in [0.05, 0.1) is 5.60 Å². The number of hydrogen-bond donors (Lipinski definition) is 2. The van der Waals surface area contributed by atoms with Gasteiger partial charge in [0.15, 0.2) is 5.82 Å². The average Bonchev–Trinajstić information content (AvgIpc) is 2.31. The molecule has 108 valence electrons. The summed E-state index contributed by atoms with van der Waals surface area (Å²) >= 11 is 0. The first-order valence-electron chi connectivity index (χ1n) is 6.54. The fourth-order valence-electron chi connectivity index (χ4n) is 1.74. The van der Waals surface area contributed by atoms with Crippen molar-refractivity contribution in [3.8, 4) is 0 Å². The van der Waals surface area contributed by atoms with Gasteiger partial charge in [-0.1, -0.05) is 0 Å². The van der Waals surface area contributed by atoms with Gasteiger partial charge in [-0.2, -0.15) is 0 Å². The summed E-state index contributed by atoms with van der Waals surface area (Å²) in [7, 11) is 0. The molecule has 6 heteroatoms. The molecule has 6 nitrogen and oxygen atoms in total. The summed E-state index contributed by atoms with van der Waals surface area (Å²) in [6, 6.07) is 1.71. The summed E-state index contributed by atoms with van der Waals surface area (Å²) in [5.41, 5.74) is 5.00. The lowest BCUT2D eigenvalue weighted by atomic mass is 10.1. The van der Waals surface area contributed by atoms with Crippen molar-refractivity contribution in [2.45, 2.75) is 39.9 Å². The van der Waals surface area contributed by atoms with Gasteiger partial charge in [0.25, 0.3) is 0 Å². The Kier molecular flexibility index (Phi) is 5.50. The van der Waals surface area contributed by atoms with Gasteiger partial charge < -0.3 is 20.5 Å². The summed E-state index contributed by atoms with van der Waals surface area (Å²) < 4.78 is 5.30. The lowest BCUT2D eigenvalue weighted by Gasteiger charge is -2.29. The Morgan fingerprint density at radius 1 is 1.37 bits per heavy atom. The fourth-order valence-corrected chi connectivity index (χ4v) is 1.74. The highest BCUT2D eigenvalue weighted by molar-refractivity contribution is 5.47. The smallest absolute Gasteiger partial charge is 0.158 e. The van der Waals surface area contributed by atoms with Gasteiger partial charge in [-0.25, -0.2) is 9.97 Å². The zero-order chi connectivity index (χ0) is 14.5. The van der Waals surface area contributed by atoms with Crippen LogP contribution in [0.3, 0.4) is 0 Å². The van der Waals surface area contributed by atoms with E-state index >= 15 is 0 Å². The zero-order valence-electron chi connectivity index (χ0n) is 12.2. The quantitative estimate of drug-likeness (QED) is 0.773. The van der Waals surface area contributed by atoms with E-state index in [9.17, 15) is 5.11 Å². The Hall–Kier alpha value is -1.40. The van der Waals surface area contributed by atoms with E-state index < -0.39 is 5.60 Å². The van der Waals surface area contributed by atoms with E-state index in [1.54, 1.807) is 19.9 Å². The van der Waals surface area contributed by atoms with Gasteiger partial charge in [-0.15, -0.1) is 0 Å². The van der Waals surface area contributed by atoms with Crippen LogP contribution in [0.15, 0.2) is 6.07 Å². The Bertz CT molecular complexity index is 404. The topological polar surface area (TPSA) is 84.5 Å². The minimum atomic E-state index is -0.796. The van der Waals surface area contributed by atoms with Gasteiger partial charge in [0.1, 0.15) is 18.2 Å². The molecule has 1 aromatic heterocycles. The Balaban J connectivity index is 2.93. The first kappa shape index (κ1) is 15.7. The third-order valence-electron chi connectivity index (χ3n) is 2.50. The molecule has 0 aliphatic rings. The molecule has 0 amide bonds. The second kappa shape index (κ2) is 6.68. The van der Waals surface area contributed by atoms with Crippen molar-refractivity contribution in [2.75, 3.05) is 30.3 Å². The highest BCUT2D eigenvalue weighted by Gasteiger charge is 2.19. The number of likely N-dealkylation sites (N-methyl/N-ethyl adjacent to an activating group) is 1. The number of nitrogens with zero attached hydrogens (tertiary/aromatic N) is 3. The predicted molar refractivity (Wildman–Crippen MR) is 76.0 cm³/mol. The molecule has 0 spiro atoms. The Labute approximate surface area is 114 Å². The molecule has 0 saturated heterocycles. The zero-order valence-corrected chi connectivity index (χ0v) is 12.2. The summed E-state index contributed by atoms with van der Waals surface area (Å²) in [5, 5.41) is 9.92. The number of anilines is 2. The molecule has 0 aliphatic carbocycles. The normalized spacial score (nSPS) is 11.6. The fraction of sp³-hybridized carbons (Fsp3) is 0.692. The molecule has 0 radical (unpaired) electrons. The first-order chi connectivity index (χ1) is 8.85. The lowest BCUT2D eigenvalue weighted by molar-refractivity contribution is 0.0873. The van der Waals surface area contributed by atoms with Gasteiger partial charge in [-0.05, 0) is 27.7 Å². The van der Waals surface area contributed by atoms with Crippen LogP contribution in [0.2, 0.25) is 0 Å². The highest BCUT2D eigenvalue weighted by Crippen LogP contribution is 2.17. The highest BCUT2D eigenvalue weighted by atomic mass is 16.5. The van der Waals surface area contributed by atoms with Crippen LogP contribution in [0.1, 0.15) is 33.5 Å². The Morgan fingerprint density at radius 3 is 2.58 bits per heavy atom. The second-order valence-corrected chi connectivity index (χ2v) is 5.03. The number of aliphatic hydroxyl groups is 1. The molecule has 0 fully saturated rings. The predicted octanol–water partition coefficient (Wildman–Crippen LogP) is 1.19. The number of rotatable bonds is 7. The van der Waals surface area contributed by atoms with Crippen LogP contribution < -0.4 is 10.6 Å². The van der Waals surface area contributed by atoms with Crippen molar-refractivity contribution in [1.29, 1.82) is 0 Å². The number of hydrogen-bond acceptors (Lipinski definition) is 6. The molecule has 1 aromatic rings. The summed E-state index contributed by atoms with van der Waals surface area (Å²) in [6.45, 7) is 9.61. The standard InChI is InChI=1S/C13H24N4O2/c1-5-17(9-13(3,4)18)12-7-10(14)15-11(16-12)8-19-6-2/h7,18H,5-6,8-9H2,1-4H3,(H2,14,15,16). The van der Waals surface area contributed by atoms with E-state index in [-0.39, 0.29) is 0 Å². The van der Waals surface area contributed by atoms with Gasteiger partial charge in [0, 0.05) is 25.8 Å². The van der Waals surface area contributed by atoms with Crippen LogP contribution >= 0.6 is 0 Å². The monoisotopic (exact) mass is 268 g/mol. The van der Waals surface area contributed by atoms with Crippen LogP contribution in [0, 0.1) is 0 Å². The van der Waals surface area contributed by atoms with Crippen LogP contribution in [-0.2, 0) is 11.3 Å². The molecule has 0 saturated carbocycles. The van der Waals surface area contributed by atoms with Crippen LogP contribution in [0.25, 0.3) is 0 Å². The van der Waals surface area contributed by atoms with Crippen LogP contribution in [-0.4, -0.2) is 40.4 Å². The number of nitrogens with two attached hydrogens (primary N) is 1.